The summed E-state index contributed by atoms with van der Waals surface area (Å²) in [7, 11) is 0. The largest absolute Gasteiger partial charge is 0.325 e. The van der Waals surface area contributed by atoms with Crippen LogP contribution in [-0.2, 0) is 4.79 Å². The van der Waals surface area contributed by atoms with Gasteiger partial charge in [0, 0.05) is 22.0 Å². The molecule has 0 aliphatic heterocycles. The van der Waals surface area contributed by atoms with Gasteiger partial charge in [0.1, 0.15) is 0 Å². The van der Waals surface area contributed by atoms with Crippen LogP contribution in [0.4, 0.5) is 5.69 Å². The van der Waals surface area contributed by atoms with E-state index in [0.29, 0.717) is 16.0 Å². The van der Waals surface area contributed by atoms with Crippen LogP contribution in [0.25, 0.3) is 17.1 Å². The number of hydrogen-bond donors (Lipinski definition) is 1. The van der Waals surface area contributed by atoms with Crippen molar-refractivity contribution in [2.75, 3.05) is 5.32 Å². The van der Waals surface area contributed by atoms with Gasteiger partial charge in [-0.15, -0.1) is 10.2 Å². The zero-order chi connectivity index (χ0) is 21.8. The summed E-state index contributed by atoms with van der Waals surface area (Å²) in [5.74, 6) is 0.614. The molecular formula is C24H21ClN4OS. The number of amides is 1. The Labute approximate surface area is 190 Å². The number of para-hydroxylation sites is 1. The van der Waals surface area contributed by atoms with Crippen molar-refractivity contribution in [1.29, 1.82) is 0 Å². The molecule has 0 fully saturated rings. The highest BCUT2D eigenvalue weighted by molar-refractivity contribution is 8.00. The maximum Gasteiger partial charge on any atom is 0.237 e. The highest BCUT2D eigenvalue weighted by Gasteiger charge is 2.22. The summed E-state index contributed by atoms with van der Waals surface area (Å²) >= 11 is 7.45. The zero-order valence-corrected chi connectivity index (χ0v) is 18.7. The van der Waals surface area contributed by atoms with Gasteiger partial charge < -0.3 is 5.32 Å². The van der Waals surface area contributed by atoms with Gasteiger partial charge in [0.05, 0.1) is 5.25 Å². The minimum absolute atomic E-state index is 0.0915. The van der Waals surface area contributed by atoms with Gasteiger partial charge in [-0.3, -0.25) is 9.36 Å². The molecule has 1 heterocycles. The van der Waals surface area contributed by atoms with Gasteiger partial charge in [-0.05, 0) is 49.7 Å². The zero-order valence-electron chi connectivity index (χ0n) is 17.1. The lowest BCUT2D eigenvalue weighted by molar-refractivity contribution is -0.115. The van der Waals surface area contributed by atoms with Crippen molar-refractivity contribution in [2.45, 2.75) is 24.3 Å². The average molecular weight is 449 g/mol. The molecule has 7 heteroatoms. The van der Waals surface area contributed by atoms with E-state index < -0.39 is 0 Å². The van der Waals surface area contributed by atoms with Gasteiger partial charge >= 0.3 is 0 Å². The lowest BCUT2D eigenvalue weighted by atomic mass is 10.2. The summed E-state index contributed by atoms with van der Waals surface area (Å²) in [6.07, 6.45) is 0. The fourth-order valence-corrected chi connectivity index (χ4v) is 4.10. The van der Waals surface area contributed by atoms with Crippen LogP contribution in [0.2, 0.25) is 5.02 Å². The fourth-order valence-electron chi connectivity index (χ4n) is 3.10. The maximum absolute atomic E-state index is 12.8. The first-order valence-electron chi connectivity index (χ1n) is 9.83. The number of thioether (sulfide) groups is 1. The Morgan fingerprint density at radius 1 is 0.968 bits per heavy atom. The summed E-state index contributed by atoms with van der Waals surface area (Å²) in [4.78, 5) is 12.8. The van der Waals surface area contributed by atoms with Crippen molar-refractivity contribution in [3.05, 3.63) is 89.4 Å². The molecule has 4 rings (SSSR count). The van der Waals surface area contributed by atoms with Crippen LogP contribution in [0.15, 0.2) is 84.0 Å². The summed E-state index contributed by atoms with van der Waals surface area (Å²) in [6, 6.07) is 25.1. The van der Waals surface area contributed by atoms with E-state index in [4.69, 9.17) is 11.6 Å². The second-order valence-corrected chi connectivity index (χ2v) is 8.79. The Morgan fingerprint density at radius 3 is 2.35 bits per heavy atom. The molecule has 0 bridgehead atoms. The molecule has 0 saturated heterocycles. The number of nitrogens with zero attached hydrogens (tertiary/aromatic N) is 3. The number of aromatic nitrogens is 3. The molecule has 31 heavy (non-hydrogen) atoms. The number of carbonyl (C=O) groups excluding carboxylic acids is 1. The molecule has 5 nitrogen and oxygen atoms in total. The minimum atomic E-state index is -0.376. The fraction of sp³-hybridized carbons (Fsp3) is 0.125. The Morgan fingerprint density at radius 2 is 1.65 bits per heavy atom. The van der Waals surface area contributed by atoms with Gasteiger partial charge in [-0.2, -0.15) is 0 Å². The van der Waals surface area contributed by atoms with E-state index in [2.05, 4.69) is 15.5 Å². The molecule has 0 saturated carbocycles. The van der Waals surface area contributed by atoms with Gasteiger partial charge in [-0.1, -0.05) is 71.9 Å². The topological polar surface area (TPSA) is 59.8 Å². The number of aryl methyl sites for hydroxylation is 1. The molecule has 0 radical (unpaired) electrons. The SMILES string of the molecule is Cc1ccccc1NC(=O)C(C)Sc1nnc(-c2ccccc2)n1-c1ccc(Cl)cc1. The highest BCUT2D eigenvalue weighted by Crippen LogP contribution is 2.31. The van der Waals surface area contributed by atoms with Gasteiger partial charge in [0.15, 0.2) is 11.0 Å². The van der Waals surface area contributed by atoms with Crippen LogP contribution >= 0.6 is 23.4 Å². The second kappa shape index (κ2) is 9.37. The van der Waals surface area contributed by atoms with Gasteiger partial charge in [0.25, 0.3) is 0 Å². The molecule has 3 aromatic carbocycles. The van der Waals surface area contributed by atoms with Crippen molar-refractivity contribution in [3.8, 4) is 17.1 Å². The quantitative estimate of drug-likeness (QED) is 0.366. The molecule has 1 unspecified atom stereocenters. The Bertz CT molecular complexity index is 1190. The number of nitrogens with one attached hydrogen (secondary N) is 1. The first-order chi connectivity index (χ1) is 15.0. The van der Waals surface area contributed by atoms with Crippen LogP contribution in [0.1, 0.15) is 12.5 Å². The number of rotatable bonds is 6. The maximum atomic E-state index is 12.8. The lowest BCUT2D eigenvalue weighted by Gasteiger charge is -2.15. The molecule has 0 spiro atoms. The monoisotopic (exact) mass is 448 g/mol. The summed E-state index contributed by atoms with van der Waals surface area (Å²) < 4.78 is 1.95. The molecule has 1 N–H and O–H groups in total. The van der Waals surface area contributed by atoms with E-state index in [-0.39, 0.29) is 11.2 Å². The smallest absolute Gasteiger partial charge is 0.237 e. The summed E-state index contributed by atoms with van der Waals surface area (Å²) in [5, 5.41) is 12.7. The normalized spacial score (nSPS) is 11.8. The lowest BCUT2D eigenvalue weighted by Crippen LogP contribution is -2.23. The second-order valence-electron chi connectivity index (χ2n) is 7.05. The van der Waals surface area contributed by atoms with Crippen molar-refractivity contribution in [1.82, 2.24) is 14.8 Å². The van der Waals surface area contributed by atoms with E-state index in [0.717, 1.165) is 22.5 Å². The van der Waals surface area contributed by atoms with E-state index in [9.17, 15) is 4.79 Å². The predicted octanol–water partition coefficient (Wildman–Crippen LogP) is 6.02. The Hall–Kier alpha value is -3.09. The van der Waals surface area contributed by atoms with Crippen LogP contribution in [0.3, 0.4) is 0 Å². The number of benzene rings is 3. The molecular weight excluding hydrogens is 428 g/mol. The standard InChI is InChI=1S/C24H21ClN4OS/c1-16-8-6-7-11-21(16)26-23(30)17(2)31-24-28-27-22(18-9-4-3-5-10-18)29(24)20-14-12-19(25)13-15-20/h3-15,17H,1-2H3,(H,26,30). The molecule has 0 aliphatic rings. The van der Waals surface area contributed by atoms with E-state index >= 15 is 0 Å². The molecule has 156 valence electrons. The van der Waals surface area contributed by atoms with Crippen LogP contribution in [0.5, 0.6) is 0 Å². The van der Waals surface area contributed by atoms with Crippen molar-refractivity contribution in [2.24, 2.45) is 0 Å². The van der Waals surface area contributed by atoms with Crippen molar-refractivity contribution >= 4 is 35.0 Å². The molecule has 1 amide bonds. The van der Waals surface area contributed by atoms with Gasteiger partial charge in [0.2, 0.25) is 5.91 Å². The van der Waals surface area contributed by atoms with Gasteiger partial charge in [-0.25, -0.2) is 0 Å². The molecule has 1 atom stereocenters. The molecule has 0 aliphatic carbocycles. The molecule has 4 aromatic rings. The number of hydrogen-bond acceptors (Lipinski definition) is 4. The first kappa shape index (κ1) is 21.2. The number of halogens is 1. The molecule has 1 aromatic heterocycles. The van der Waals surface area contributed by atoms with E-state index in [1.54, 1.807) is 0 Å². The summed E-state index contributed by atoms with van der Waals surface area (Å²) in [6.45, 7) is 3.83. The van der Waals surface area contributed by atoms with Crippen LogP contribution in [-0.4, -0.2) is 25.9 Å². The van der Waals surface area contributed by atoms with E-state index in [1.165, 1.54) is 11.8 Å². The van der Waals surface area contributed by atoms with Crippen LogP contribution in [0, 0.1) is 6.92 Å². The van der Waals surface area contributed by atoms with Crippen molar-refractivity contribution < 1.29 is 4.79 Å². The number of anilines is 1. The Balaban J connectivity index is 1.65. The van der Waals surface area contributed by atoms with E-state index in [1.807, 2.05) is 97.3 Å². The van der Waals surface area contributed by atoms with Crippen LogP contribution < -0.4 is 5.32 Å². The summed E-state index contributed by atoms with van der Waals surface area (Å²) in [5.41, 5.74) is 3.64. The minimum Gasteiger partial charge on any atom is -0.325 e. The third kappa shape index (κ3) is 4.81. The highest BCUT2D eigenvalue weighted by atomic mass is 35.5. The third-order valence-corrected chi connectivity index (χ3v) is 6.10. The average Bonchev–Trinajstić information content (AvgIpc) is 3.20. The number of carbonyl (C=O) groups is 1. The third-order valence-electron chi connectivity index (χ3n) is 4.80. The Kier molecular flexibility index (Phi) is 6.39. The predicted molar refractivity (Wildman–Crippen MR) is 127 cm³/mol. The first-order valence-corrected chi connectivity index (χ1v) is 11.1. The van der Waals surface area contributed by atoms with Crippen molar-refractivity contribution in [3.63, 3.8) is 0 Å².